The molecule has 2 aliphatic rings. The Hall–Kier alpha value is -4.66. The minimum absolute atomic E-state index is 0.0119. The van der Waals surface area contributed by atoms with Crippen LogP contribution in [0.4, 0.5) is 4.79 Å². The van der Waals surface area contributed by atoms with Crippen molar-refractivity contribution in [1.29, 1.82) is 0 Å². The molecule has 0 aliphatic heterocycles. The van der Waals surface area contributed by atoms with E-state index in [0.717, 1.165) is 27.8 Å². The summed E-state index contributed by atoms with van der Waals surface area (Å²) in [5.74, 6) is -2.24. The van der Waals surface area contributed by atoms with Crippen LogP contribution >= 0.6 is 0 Å². The Morgan fingerprint density at radius 2 is 1.44 bits per heavy atom. The van der Waals surface area contributed by atoms with Crippen molar-refractivity contribution in [2.45, 2.75) is 50.3 Å². The maximum atomic E-state index is 13.1. The van der Waals surface area contributed by atoms with Gasteiger partial charge in [-0.05, 0) is 46.6 Å². The normalized spacial score (nSPS) is 17.8. The van der Waals surface area contributed by atoms with Gasteiger partial charge in [0.15, 0.2) is 0 Å². The summed E-state index contributed by atoms with van der Waals surface area (Å²) in [6.07, 6.45) is -0.115. The molecule has 1 fully saturated rings. The number of nitrogens with one attached hydrogen (secondary N) is 2. The van der Waals surface area contributed by atoms with Gasteiger partial charge in [-0.2, -0.15) is 0 Å². The first-order valence-electron chi connectivity index (χ1n) is 13.7. The van der Waals surface area contributed by atoms with Crippen molar-refractivity contribution < 1.29 is 33.8 Å². The molecule has 5 rings (SSSR count). The average molecular weight is 557 g/mol. The minimum Gasteiger partial charge on any atom is -0.481 e. The van der Waals surface area contributed by atoms with E-state index >= 15 is 0 Å². The highest BCUT2D eigenvalue weighted by Crippen LogP contribution is 2.44. The molecule has 2 aliphatic carbocycles. The fourth-order valence-corrected chi connectivity index (χ4v) is 5.52. The number of esters is 1. The fraction of sp³-hybridized carbons (Fsp3) is 0.312. The Morgan fingerprint density at radius 3 is 2.07 bits per heavy atom. The van der Waals surface area contributed by atoms with Crippen molar-refractivity contribution in [2.24, 2.45) is 5.92 Å². The molecule has 1 saturated carbocycles. The highest BCUT2D eigenvalue weighted by molar-refractivity contribution is 5.90. The number of benzene rings is 3. The molecule has 41 heavy (non-hydrogen) atoms. The topological polar surface area (TPSA) is 131 Å². The lowest BCUT2D eigenvalue weighted by molar-refractivity contribution is -0.147. The summed E-state index contributed by atoms with van der Waals surface area (Å²) in [5, 5.41) is 14.3. The molecule has 3 aromatic carbocycles. The summed E-state index contributed by atoms with van der Waals surface area (Å²) in [6, 6.07) is 23.6. The summed E-state index contributed by atoms with van der Waals surface area (Å²) in [5.41, 5.74) is 5.10. The number of carboxylic acids is 1. The third kappa shape index (κ3) is 6.92. The quantitative estimate of drug-likeness (QED) is 0.299. The van der Waals surface area contributed by atoms with Gasteiger partial charge < -0.3 is 25.2 Å². The van der Waals surface area contributed by atoms with Crippen LogP contribution in [0, 0.1) is 5.92 Å². The SMILES string of the molecule is O=C(O)CC1CC(NC(=O)[C@H](CC(=O)OCc2ccccc2)NC(=O)OCC2c3ccccc3-c3ccccc32)C1. The number of carbonyl (C=O) groups is 4. The molecule has 212 valence electrons. The van der Waals surface area contributed by atoms with Crippen LogP contribution in [0.5, 0.6) is 0 Å². The molecule has 0 bridgehead atoms. The van der Waals surface area contributed by atoms with Crippen LogP contribution in [-0.4, -0.2) is 47.7 Å². The highest BCUT2D eigenvalue weighted by Gasteiger charge is 2.35. The van der Waals surface area contributed by atoms with Gasteiger partial charge in [-0.3, -0.25) is 14.4 Å². The van der Waals surface area contributed by atoms with E-state index < -0.39 is 30.0 Å². The molecular formula is C32H32N2O7. The molecule has 0 aromatic heterocycles. The second-order valence-electron chi connectivity index (χ2n) is 10.5. The van der Waals surface area contributed by atoms with Gasteiger partial charge in [0.05, 0.1) is 6.42 Å². The number of rotatable bonds is 11. The number of hydrogen-bond acceptors (Lipinski definition) is 6. The molecule has 0 saturated heterocycles. The van der Waals surface area contributed by atoms with Crippen LogP contribution in [0.3, 0.4) is 0 Å². The van der Waals surface area contributed by atoms with Crippen molar-refractivity contribution in [2.75, 3.05) is 6.61 Å². The number of amides is 2. The van der Waals surface area contributed by atoms with Gasteiger partial charge in [-0.1, -0.05) is 78.9 Å². The Bertz CT molecular complexity index is 1370. The zero-order valence-corrected chi connectivity index (χ0v) is 22.5. The Kier molecular flexibility index (Phi) is 8.62. The van der Waals surface area contributed by atoms with E-state index in [-0.39, 0.29) is 43.9 Å². The lowest BCUT2D eigenvalue weighted by Crippen LogP contribution is -2.53. The summed E-state index contributed by atoms with van der Waals surface area (Å²) in [7, 11) is 0. The van der Waals surface area contributed by atoms with E-state index in [4.69, 9.17) is 14.6 Å². The predicted molar refractivity (Wildman–Crippen MR) is 150 cm³/mol. The second-order valence-corrected chi connectivity index (χ2v) is 10.5. The zero-order valence-electron chi connectivity index (χ0n) is 22.5. The van der Waals surface area contributed by atoms with Crippen molar-refractivity contribution in [3.8, 4) is 11.1 Å². The van der Waals surface area contributed by atoms with Crippen LogP contribution in [-0.2, 0) is 30.5 Å². The maximum absolute atomic E-state index is 13.1. The molecule has 2 amide bonds. The second kappa shape index (κ2) is 12.7. The number of aliphatic carboxylic acids is 1. The van der Waals surface area contributed by atoms with Gasteiger partial charge in [0, 0.05) is 18.4 Å². The molecule has 9 heteroatoms. The van der Waals surface area contributed by atoms with Gasteiger partial charge in [0.25, 0.3) is 0 Å². The first-order valence-corrected chi connectivity index (χ1v) is 13.7. The Balaban J connectivity index is 1.20. The van der Waals surface area contributed by atoms with Gasteiger partial charge in [-0.25, -0.2) is 4.79 Å². The van der Waals surface area contributed by atoms with E-state index in [1.54, 1.807) is 0 Å². The van der Waals surface area contributed by atoms with E-state index in [2.05, 4.69) is 10.6 Å². The predicted octanol–water partition coefficient (Wildman–Crippen LogP) is 4.40. The molecule has 0 heterocycles. The molecule has 3 aromatic rings. The zero-order chi connectivity index (χ0) is 28.8. The largest absolute Gasteiger partial charge is 0.481 e. The number of fused-ring (bicyclic) bond motifs is 3. The van der Waals surface area contributed by atoms with Crippen molar-refractivity contribution in [1.82, 2.24) is 10.6 Å². The van der Waals surface area contributed by atoms with Crippen LogP contribution in [0.15, 0.2) is 78.9 Å². The lowest BCUT2D eigenvalue weighted by Gasteiger charge is -2.35. The first kappa shape index (κ1) is 27.9. The third-order valence-corrected chi connectivity index (χ3v) is 7.61. The van der Waals surface area contributed by atoms with E-state index in [0.29, 0.717) is 12.8 Å². The minimum atomic E-state index is -1.22. The van der Waals surface area contributed by atoms with Gasteiger partial charge in [0.2, 0.25) is 5.91 Å². The van der Waals surface area contributed by atoms with Crippen molar-refractivity contribution >= 4 is 23.9 Å². The first-order chi connectivity index (χ1) is 19.9. The molecule has 0 spiro atoms. The molecule has 0 radical (unpaired) electrons. The monoisotopic (exact) mass is 556 g/mol. The van der Waals surface area contributed by atoms with E-state index in [1.807, 2.05) is 78.9 Å². The number of ether oxygens (including phenoxy) is 2. The van der Waals surface area contributed by atoms with Crippen molar-refractivity contribution in [3.05, 3.63) is 95.6 Å². The smallest absolute Gasteiger partial charge is 0.407 e. The molecular weight excluding hydrogens is 524 g/mol. The molecule has 3 N–H and O–H groups in total. The Morgan fingerprint density at radius 1 is 0.829 bits per heavy atom. The van der Waals surface area contributed by atoms with Crippen LogP contribution < -0.4 is 10.6 Å². The van der Waals surface area contributed by atoms with Crippen LogP contribution in [0.1, 0.15) is 48.3 Å². The summed E-state index contributed by atoms with van der Waals surface area (Å²) < 4.78 is 10.9. The molecule has 1 atom stereocenters. The standard InChI is InChI=1S/C32H32N2O7/c35-29(36)16-21-14-22(15-21)33-31(38)28(17-30(37)40-18-20-8-2-1-3-9-20)34-32(39)41-19-27-25-12-6-4-10-23(25)24-11-5-7-13-26(24)27/h1-13,21-22,27-28H,14-19H2,(H,33,38)(H,34,39)(H,35,36)/t21?,22?,28-/m0/s1. The molecule has 9 nitrogen and oxygen atoms in total. The highest BCUT2D eigenvalue weighted by atomic mass is 16.5. The fourth-order valence-electron chi connectivity index (χ4n) is 5.52. The maximum Gasteiger partial charge on any atom is 0.407 e. The number of alkyl carbamates (subject to hydrolysis) is 1. The molecule has 0 unspecified atom stereocenters. The van der Waals surface area contributed by atoms with Crippen molar-refractivity contribution in [3.63, 3.8) is 0 Å². The summed E-state index contributed by atoms with van der Waals surface area (Å²) >= 11 is 0. The summed E-state index contributed by atoms with van der Waals surface area (Å²) in [4.78, 5) is 49.6. The number of carbonyl (C=O) groups excluding carboxylic acids is 3. The van der Waals surface area contributed by atoms with E-state index in [1.165, 1.54) is 0 Å². The van der Waals surface area contributed by atoms with Crippen LogP contribution in [0.25, 0.3) is 11.1 Å². The van der Waals surface area contributed by atoms with Gasteiger partial charge in [-0.15, -0.1) is 0 Å². The number of hydrogen-bond donors (Lipinski definition) is 3. The van der Waals surface area contributed by atoms with Gasteiger partial charge >= 0.3 is 18.0 Å². The lowest BCUT2D eigenvalue weighted by atomic mass is 9.78. The number of carboxylic acid groups (broad SMARTS) is 1. The third-order valence-electron chi connectivity index (χ3n) is 7.61. The average Bonchev–Trinajstić information content (AvgIpc) is 3.27. The van der Waals surface area contributed by atoms with Crippen LogP contribution in [0.2, 0.25) is 0 Å². The van der Waals surface area contributed by atoms with Gasteiger partial charge in [0.1, 0.15) is 19.3 Å². The van der Waals surface area contributed by atoms with E-state index in [9.17, 15) is 19.2 Å². The Labute approximate surface area is 237 Å². The summed E-state index contributed by atoms with van der Waals surface area (Å²) in [6.45, 7) is 0.102.